The highest BCUT2D eigenvalue weighted by molar-refractivity contribution is 5.63. The van der Waals surface area contributed by atoms with Crippen molar-refractivity contribution in [3.8, 4) is 17.2 Å². The molecule has 2 atom stereocenters. The molecule has 3 rings (SSSR count). The van der Waals surface area contributed by atoms with Crippen molar-refractivity contribution in [2.45, 2.75) is 19.0 Å². The van der Waals surface area contributed by atoms with E-state index in [1.807, 2.05) is 48.5 Å². The zero-order valence-corrected chi connectivity index (χ0v) is 13.7. The van der Waals surface area contributed by atoms with E-state index >= 15 is 0 Å². The monoisotopic (exact) mass is 312 g/mol. The first kappa shape index (κ1) is 16.0. The van der Waals surface area contributed by atoms with E-state index in [4.69, 9.17) is 0 Å². The van der Waals surface area contributed by atoms with Gasteiger partial charge in [0.1, 0.15) is 6.04 Å². The normalized spacial score (nSPS) is 13.0. The van der Waals surface area contributed by atoms with Crippen LogP contribution in [0.25, 0.3) is 11.1 Å². The van der Waals surface area contributed by atoms with Crippen LogP contribution in [0.1, 0.15) is 30.1 Å². The molecule has 0 aliphatic carbocycles. The summed E-state index contributed by atoms with van der Waals surface area (Å²) in [6, 6.07) is 30.8. The molecular formula is C22H20N2. The Balaban J connectivity index is 1.75. The Morgan fingerprint density at radius 3 is 1.83 bits per heavy atom. The second kappa shape index (κ2) is 7.59. The lowest BCUT2D eigenvalue weighted by atomic mass is 10.00. The molecule has 3 aromatic carbocycles. The standard InChI is InChI=1S/C22H20N2/c1-17(18-8-4-2-5-9-18)24-22(16-23)21-14-12-20(13-15-21)19-10-6-3-7-11-19/h2-15,17,22,24H,1H3/t17-,22+/m1/s1. The summed E-state index contributed by atoms with van der Waals surface area (Å²) in [5.41, 5.74) is 4.51. The minimum atomic E-state index is -0.329. The minimum absolute atomic E-state index is 0.115. The molecule has 2 nitrogen and oxygen atoms in total. The highest BCUT2D eigenvalue weighted by Gasteiger charge is 2.14. The van der Waals surface area contributed by atoms with Crippen LogP contribution < -0.4 is 5.32 Å². The highest BCUT2D eigenvalue weighted by Crippen LogP contribution is 2.23. The summed E-state index contributed by atoms with van der Waals surface area (Å²) in [4.78, 5) is 0. The van der Waals surface area contributed by atoms with Crippen LogP contribution in [-0.2, 0) is 0 Å². The van der Waals surface area contributed by atoms with Crippen LogP contribution in [0.5, 0.6) is 0 Å². The molecular weight excluding hydrogens is 292 g/mol. The average Bonchev–Trinajstić information content (AvgIpc) is 2.67. The molecule has 24 heavy (non-hydrogen) atoms. The second-order valence-corrected chi connectivity index (χ2v) is 5.85. The van der Waals surface area contributed by atoms with Crippen LogP contribution in [0.2, 0.25) is 0 Å². The number of nitriles is 1. The second-order valence-electron chi connectivity index (χ2n) is 5.85. The molecule has 0 aliphatic rings. The summed E-state index contributed by atoms with van der Waals surface area (Å²) < 4.78 is 0. The SMILES string of the molecule is C[C@@H](N[C@@H](C#N)c1ccc(-c2ccccc2)cc1)c1ccccc1. The van der Waals surface area contributed by atoms with Gasteiger partial charge in [-0.1, -0.05) is 84.9 Å². The molecule has 2 heteroatoms. The maximum Gasteiger partial charge on any atom is 0.121 e. The van der Waals surface area contributed by atoms with Crippen molar-refractivity contribution in [3.63, 3.8) is 0 Å². The van der Waals surface area contributed by atoms with Crippen molar-refractivity contribution in [2.75, 3.05) is 0 Å². The van der Waals surface area contributed by atoms with Crippen LogP contribution in [0, 0.1) is 11.3 Å². The summed E-state index contributed by atoms with van der Waals surface area (Å²) >= 11 is 0. The van der Waals surface area contributed by atoms with Gasteiger partial charge in [-0.3, -0.25) is 5.32 Å². The number of hydrogen-bond donors (Lipinski definition) is 1. The third kappa shape index (κ3) is 3.71. The smallest absolute Gasteiger partial charge is 0.121 e. The van der Waals surface area contributed by atoms with E-state index in [1.54, 1.807) is 0 Å². The Morgan fingerprint density at radius 2 is 1.25 bits per heavy atom. The van der Waals surface area contributed by atoms with Gasteiger partial charge in [0.25, 0.3) is 0 Å². The molecule has 0 aromatic heterocycles. The van der Waals surface area contributed by atoms with Crippen LogP contribution in [0.15, 0.2) is 84.9 Å². The van der Waals surface area contributed by atoms with Crippen molar-refractivity contribution in [3.05, 3.63) is 96.1 Å². The number of rotatable bonds is 5. The van der Waals surface area contributed by atoms with E-state index in [9.17, 15) is 5.26 Å². The lowest BCUT2D eigenvalue weighted by Crippen LogP contribution is -2.23. The summed E-state index contributed by atoms with van der Waals surface area (Å²) in [7, 11) is 0. The van der Waals surface area contributed by atoms with Gasteiger partial charge in [-0.25, -0.2) is 0 Å². The van der Waals surface area contributed by atoms with Crippen molar-refractivity contribution >= 4 is 0 Å². The lowest BCUT2D eigenvalue weighted by Gasteiger charge is -2.19. The van der Waals surface area contributed by atoms with Crippen LogP contribution in [0.3, 0.4) is 0 Å². The molecule has 0 amide bonds. The van der Waals surface area contributed by atoms with Crippen LogP contribution >= 0.6 is 0 Å². The first-order valence-electron chi connectivity index (χ1n) is 8.14. The van der Waals surface area contributed by atoms with Crippen molar-refractivity contribution < 1.29 is 0 Å². The highest BCUT2D eigenvalue weighted by atomic mass is 14.9. The van der Waals surface area contributed by atoms with E-state index in [-0.39, 0.29) is 12.1 Å². The molecule has 0 bridgehead atoms. The topological polar surface area (TPSA) is 35.8 Å². The predicted molar refractivity (Wildman–Crippen MR) is 98.2 cm³/mol. The Morgan fingerprint density at radius 1 is 0.708 bits per heavy atom. The van der Waals surface area contributed by atoms with E-state index in [0.29, 0.717) is 0 Å². The Bertz CT molecular complexity index is 802. The molecule has 3 aromatic rings. The van der Waals surface area contributed by atoms with Gasteiger partial charge >= 0.3 is 0 Å². The average molecular weight is 312 g/mol. The maximum absolute atomic E-state index is 9.55. The number of nitrogens with zero attached hydrogens (tertiary/aromatic N) is 1. The molecule has 0 saturated heterocycles. The van der Waals surface area contributed by atoms with Gasteiger partial charge in [-0.05, 0) is 29.2 Å². The summed E-state index contributed by atoms with van der Waals surface area (Å²) in [5, 5.41) is 12.9. The van der Waals surface area contributed by atoms with Crippen LogP contribution in [-0.4, -0.2) is 0 Å². The molecule has 0 unspecified atom stereocenters. The molecule has 0 radical (unpaired) electrons. The Labute approximate surface area is 143 Å². The molecule has 118 valence electrons. The Kier molecular flexibility index (Phi) is 5.05. The minimum Gasteiger partial charge on any atom is -0.292 e. The zero-order chi connectivity index (χ0) is 16.8. The van der Waals surface area contributed by atoms with Gasteiger partial charge in [-0.15, -0.1) is 0 Å². The molecule has 0 fully saturated rings. The zero-order valence-electron chi connectivity index (χ0n) is 13.7. The van der Waals surface area contributed by atoms with Crippen LogP contribution in [0.4, 0.5) is 0 Å². The molecule has 0 spiro atoms. The fourth-order valence-electron chi connectivity index (χ4n) is 2.79. The van der Waals surface area contributed by atoms with E-state index in [0.717, 1.165) is 11.1 Å². The van der Waals surface area contributed by atoms with Gasteiger partial charge in [0, 0.05) is 6.04 Å². The number of nitrogens with one attached hydrogen (secondary N) is 1. The van der Waals surface area contributed by atoms with E-state index in [1.165, 1.54) is 11.1 Å². The van der Waals surface area contributed by atoms with Gasteiger partial charge in [-0.2, -0.15) is 5.26 Å². The molecule has 1 N–H and O–H groups in total. The number of benzene rings is 3. The summed E-state index contributed by atoms with van der Waals surface area (Å²) in [6.07, 6.45) is 0. The lowest BCUT2D eigenvalue weighted by molar-refractivity contribution is 0.533. The van der Waals surface area contributed by atoms with Gasteiger partial charge in [0.15, 0.2) is 0 Å². The molecule has 0 saturated carbocycles. The third-order valence-corrected chi connectivity index (χ3v) is 4.20. The van der Waals surface area contributed by atoms with Gasteiger partial charge < -0.3 is 0 Å². The quantitative estimate of drug-likeness (QED) is 0.696. The first-order valence-corrected chi connectivity index (χ1v) is 8.14. The molecule has 0 aliphatic heterocycles. The predicted octanol–water partition coefficient (Wildman–Crippen LogP) is 5.27. The third-order valence-electron chi connectivity index (χ3n) is 4.20. The van der Waals surface area contributed by atoms with Crippen molar-refractivity contribution in [1.82, 2.24) is 5.32 Å². The summed E-state index contributed by atoms with van der Waals surface area (Å²) in [5.74, 6) is 0. The maximum atomic E-state index is 9.55. The number of hydrogen-bond acceptors (Lipinski definition) is 2. The van der Waals surface area contributed by atoms with Gasteiger partial charge in [0.05, 0.1) is 6.07 Å². The van der Waals surface area contributed by atoms with Crippen molar-refractivity contribution in [1.29, 1.82) is 5.26 Å². The fraction of sp³-hybridized carbons (Fsp3) is 0.136. The fourth-order valence-corrected chi connectivity index (χ4v) is 2.79. The molecule has 0 heterocycles. The first-order chi connectivity index (χ1) is 11.8. The van der Waals surface area contributed by atoms with Gasteiger partial charge in [0.2, 0.25) is 0 Å². The van der Waals surface area contributed by atoms with E-state index in [2.05, 4.69) is 54.7 Å². The Hall–Kier alpha value is -2.89. The van der Waals surface area contributed by atoms with E-state index < -0.39 is 0 Å². The summed E-state index contributed by atoms with van der Waals surface area (Å²) in [6.45, 7) is 2.08. The largest absolute Gasteiger partial charge is 0.292 e. The van der Waals surface area contributed by atoms with Crippen molar-refractivity contribution in [2.24, 2.45) is 0 Å².